The van der Waals surface area contributed by atoms with Crippen LogP contribution in [-0.4, -0.2) is 11.6 Å². The van der Waals surface area contributed by atoms with Gasteiger partial charge in [0.1, 0.15) is 5.78 Å². The van der Waals surface area contributed by atoms with Crippen LogP contribution in [0.25, 0.3) is 0 Å². The molecule has 14 heavy (non-hydrogen) atoms. The highest BCUT2D eigenvalue weighted by atomic mass is 35.5. The third kappa shape index (κ3) is 2.22. The highest BCUT2D eigenvalue weighted by Crippen LogP contribution is 2.31. The van der Waals surface area contributed by atoms with Crippen molar-refractivity contribution < 1.29 is 9.59 Å². The average Bonchev–Trinajstić information content (AvgIpc) is 2.89. The molecule has 1 aromatic rings. The summed E-state index contributed by atoms with van der Waals surface area (Å²) < 4.78 is 0.590. The van der Waals surface area contributed by atoms with Gasteiger partial charge in [0.2, 0.25) is 0 Å². The van der Waals surface area contributed by atoms with Gasteiger partial charge in [-0.2, -0.15) is 0 Å². The summed E-state index contributed by atoms with van der Waals surface area (Å²) in [7, 11) is 0. The van der Waals surface area contributed by atoms with Crippen molar-refractivity contribution in [1.82, 2.24) is 0 Å². The molecule has 1 saturated carbocycles. The molecule has 2 rings (SSSR count). The lowest BCUT2D eigenvalue weighted by molar-refractivity contribution is -0.119. The first-order valence-electron chi connectivity index (χ1n) is 4.47. The summed E-state index contributed by atoms with van der Waals surface area (Å²) in [5, 5.41) is 1.70. The molecule has 0 spiro atoms. The van der Waals surface area contributed by atoms with Crippen LogP contribution >= 0.6 is 22.9 Å². The quantitative estimate of drug-likeness (QED) is 0.587. The molecule has 0 radical (unpaired) electrons. The smallest absolute Gasteiger partial charge is 0.171 e. The van der Waals surface area contributed by atoms with Gasteiger partial charge in [-0.05, 0) is 18.9 Å². The van der Waals surface area contributed by atoms with Crippen molar-refractivity contribution in [3.63, 3.8) is 0 Å². The van der Waals surface area contributed by atoms with Crippen LogP contribution in [0, 0.1) is 5.92 Å². The first-order valence-corrected chi connectivity index (χ1v) is 5.72. The number of halogens is 1. The first kappa shape index (κ1) is 9.87. The van der Waals surface area contributed by atoms with Gasteiger partial charge in [-0.1, -0.05) is 11.6 Å². The summed E-state index contributed by atoms with van der Waals surface area (Å²) in [6, 6.07) is 1.62. The molecular weight excluding hydrogens is 220 g/mol. The van der Waals surface area contributed by atoms with Crippen LogP contribution in [0.15, 0.2) is 11.4 Å². The molecule has 4 heteroatoms. The third-order valence-corrected chi connectivity index (χ3v) is 3.35. The van der Waals surface area contributed by atoms with Gasteiger partial charge in [0.25, 0.3) is 0 Å². The maximum absolute atomic E-state index is 11.5. The maximum atomic E-state index is 11.5. The minimum atomic E-state index is -0.106. The molecule has 0 N–H and O–H groups in total. The van der Waals surface area contributed by atoms with Crippen LogP contribution in [0.4, 0.5) is 0 Å². The van der Waals surface area contributed by atoms with E-state index in [-0.39, 0.29) is 23.9 Å². The fraction of sp³-hybridized carbons (Fsp3) is 0.400. The molecule has 1 aliphatic carbocycles. The third-order valence-electron chi connectivity index (χ3n) is 2.26. The molecule has 0 atom stereocenters. The van der Waals surface area contributed by atoms with E-state index in [1.807, 2.05) is 0 Å². The Morgan fingerprint density at radius 2 is 2.21 bits per heavy atom. The van der Waals surface area contributed by atoms with Crippen LogP contribution in [0.2, 0.25) is 4.34 Å². The van der Waals surface area contributed by atoms with E-state index in [4.69, 9.17) is 11.6 Å². The number of thiophene rings is 1. The van der Waals surface area contributed by atoms with E-state index in [9.17, 15) is 9.59 Å². The second kappa shape index (κ2) is 3.83. The Labute approximate surface area is 90.9 Å². The lowest BCUT2D eigenvalue weighted by Gasteiger charge is -1.95. The molecule has 2 nitrogen and oxygen atoms in total. The Bertz CT molecular complexity index is 379. The minimum absolute atomic E-state index is 0.0394. The van der Waals surface area contributed by atoms with E-state index in [0.717, 1.165) is 12.8 Å². The van der Waals surface area contributed by atoms with Crippen LogP contribution in [0.5, 0.6) is 0 Å². The highest BCUT2D eigenvalue weighted by molar-refractivity contribution is 7.14. The number of hydrogen-bond donors (Lipinski definition) is 0. The van der Waals surface area contributed by atoms with Crippen molar-refractivity contribution >= 4 is 34.5 Å². The van der Waals surface area contributed by atoms with Gasteiger partial charge in [-0.3, -0.25) is 9.59 Å². The van der Waals surface area contributed by atoms with Gasteiger partial charge < -0.3 is 0 Å². The van der Waals surface area contributed by atoms with Crippen molar-refractivity contribution in [2.75, 3.05) is 0 Å². The largest absolute Gasteiger partial charge is 0.299 e. The Morgan fingerprint density at radius 3 is 2.71 bits per heavy atom. The molecule has 0 aliphatic heterocycles. The summed E-state index contributed by atoms with van der Waals surface area (Å²) >= 11 is 7.01. The number of Topliss-reactive ketones (excluding diaryl/α,β-unsaturated/α-hetero) is 2. The van der Waals surface area contributed by atoms with Crippen LogP contribution in [-0.2, 0) is 4.79 Å². The summed E-state index contributed by atoms with van der Waals surface area (Å²) in [4.78, 5) is 22.9. The Kier molecular flexibility index (Phi) is 2.70. The maximum Gasteiger partial charge on any atom is 0.171 e. The summed E-state index contributed by atoms with van der Waals surface area (Å²) in [5.74, 6) is 0.135. The SMILES string of the molecule is O=C(CC(=O)C1CC1)c1csc(Cl)c1. The van der Waals surface area contributed by atoms with Gasteiger partial charge in [0, 0.05) is 16.9 Å². The topological polar surface area (TPSA) is 34.1 Å². The number of rotatable bonds is 4. The van der Waals surface area contributed by atoms with E-state index in [0.29, 0.717) is 9.90 Å². The zero-order valence-corrected chi connectivity index (χ0v) is 9.03. The molecule has 0 saturated heterocycles. The first-order chi connectivity index (χ1) is 6.66. The molecular formula is C10H9ClO2S. The van der Waals surface area contributed by atoms with Gasteiger partial charge >= 0.3 is 0 Å². The standard InChI is InChI=1S/C10H9ClO2S/c11-10-3-7(5-14-10)9(13)4-8(12)6-1-2-6/h3,5-6H,1-2,4H2. The fourth-order valence-corrected chi connectivity index (χ4v) is 2.15. The second-order valence-electron chi connectivity index (χ2n) is 3.48. The van der Waals surface area contributed by atoms with E-state index in [2.05, 4.69) is 0 Å². The van der Waals surface area contributed by atoms with Crippen LogP contribution in [0.3, 0.4) is 0 Å². The average molecular weight is 229 g/mol. The van der Waals surface area contributed by atoms with E-state index >= 15 is 0 Å². The zero-order chi connectivity index (χ0) is 10.1. The molecule has 0 amide bonds. The zero-order valence-electron chi connectivity index (χ0n) is 7.46. The molecule has 74 valence electrons. The molecule has 1 aliphatic rings. The van der Waals surface area contributed by atoms with Crippen molar-refractivity contribution in [1.29, 1.82) is 0 Å². The van der Waals surface area contributed by atoms with Crippen LogP contribution < -0.4 is 0 Å². The molecule has 1 heterocycles. The van der Waals surface area contributed by atoms with Crippen molar-refractivity contribution in [2.45, 2.75) is 19.3 Å². The molecule has 1 fully saturated rings. The van der Waals surface area contributed by atoms with E-state index < -0.39 is 0 Å². The highest BCUT2D eigenvalue weighted by Gasteiger charge is 2.30. The number of carbonyl (C=O) groups excluding carboxylic acids is 2. The van der Waals surface area contributed by atoms with Gasteiger partial charge in [0.15, 0.2) is 5.78 Å². The molecule has 1 aromatic heterocycles. The molecule has 0 aromatic carbocycles. The predicted octanol–water partition coefficient (Wildman–Crippen LogP) is 2.95. The monoisotopic (exact) mass is 228 g/mol. The Balaban J connectivity index is 1.98. The van der Waals surface area contributed by atoms with Gasteiger partial charge in [-0.15, -0.1) is 11.3 Å². The molecule has 0 bridgehead atoms. The van der Waals surface area contributed by atoms with Crippen molar-refractivity contribution in [2.24, 2.45) is 5.92 Å². The Morgan fingerprint density at radius 1 is 1.50 bits per heavy atom. The van der Waals surface area contributed by atoms with E-state index in [1.54, 1.807) is 11.4 Å². The minimum Gasteiger partial charge on any atom is -0.299 e. The van der Waals surface area contributed by atoms with E-state index in [1.165, 1.54) is 11.3 Å². The van der Waals surface area contributed by atoms with Gasteiger partial charge in [0.05, 0.1) is 10.8 Å². The fourth-order valence-electron chi connectivity index (χ4n) is 1.27. The number of hydrogen-bond acceptors (Lipinski definition) is 3. The number of ketones is 2. The normalized spacial score (nSPS) is 15.5. The predicted molar refractivity (Wildman–Crippen MR) is 56.0 cm³/mol. The Hall–Kier alpha value is -0.670. The number of carbonyl (C=O) groups is 2. The second-order valence-corrected chi connectivity index (χ2v) is 5.02. The van der Waals surface area contributed by atoms with Crippen molar-refractivity contribution in [3.8, 4) is 0 Å². The lowest BCUT2D eigenvalue weighted by atomic mass is 10.1. The van der Waals surface area contributed by atoms with Gasteiger partial charge in [-0.25, -0.2) is 0 Å². The lowest BCUT2D eigenvalue weighted by Crippen LogP contribution is -2.08. The molecule has 0 unspecified atom stereocenters. The summed E-state index contributed by atoms with van der Waals surface area (Å²) in [5.41, 5.74) is 0.564. The van der Waals surface area contributed by atoms with Crippen molar-refractivity contribution in [3.05, 3.63) is 21.3 Å². The summed E-state index contributed by atoms with van der Waals surface area (Å²) in [6.07, 6.45) is 1.95. The summed E-state index contributed by atoms with van der Waals surface area (Å²) in [6.45, 7) is 0. The van der Waals surface area contributed by atoms with Crippen LogP contribution in [0.1, 0.15) is 29.6 Å².